The Balaban J connectivity index is 2.60. The number of nitrogens with one attached hydrogen (secondary N) is 1. The normalized spacial score (nSPS) is 22.6. The smallest absolute Gasteiger partial charge is 0.408 e. The molecule has 0 unspecified atom stereocenters. The maximum Gasteiger partial charge on any atom is 0.408 e. The van der Waals surface area contributed by atoms with Gasteiger partial charge in [0.05, 0.1) is 0 Å². The molecule has 0 aliphatic heterocycles. The van der Waals surface area contributed by atoms with Gasteiger partial charge in [-0.2, -0.15) is 13.2 Å². The summed E-state index contributed by atoms with van der Waals surface area (Å²) >= 11 is -1.66. The Morgan fingerprint density at radius 1 is 1.27 bits per heavy atom. The molecule has 2 atom stereocenters. The summed E-state index contributed by atoms with van der Waals surface area (Å²) in [7, 11) is 0. The lowest BCUT2D eigenvalue weighted by Crippen LogP contribution is -2.51. The van der Waals surface area contributed by atoms with E-state index >= 15 is 0 Å². The standard InChI is InChI=1S/C9H16F3NOS/c1-8(2,3)15(14)13-7(6-4-5-6)9(10,11)12/h6-7,13H,4-5H2,1-3H3/t7-,15+/m0/s1. The SMILES string of the molecule is CC(C)(C)[S@@+]([O-])N[C@@H](C1CC1)C(F)(F)F. The second-order valence-corrected chi connectivity index (χ2v) is 6.85. The average Bonchev–Trinajstić information content (AvgIpc) is 2.77. The summed E-state index contributed by atoms with van der Waals surface area (Å²) in [5.41, 5.74) is 0. The molecular formula is C9H16F3NOS. The summed E-state index contributed by atoms with van der Waals surface area (Å²) in [5.74, 6) is -0.392. The van der Waals surface area contributed by atoms with Crippen molar-refractivity contribution in [2.24, 2.45) is 5.92 Å². The molecule has 2 nitrogen and oxygen atoms in total. The molecule has 1 aliphatic carbocycles. The van der Waals surface area contributed by atoms with Gasteiger partial charge in [-0.05, 0) is 39.5 Å². The fourth-order valence-electron chi connectivity index (χ4n) is 1.15. The molecule has 0 aromatic heterocycles. The third kappa shape index (κ3) is 3.85. The van der Waals surface area contributed by atoms with E-state index in [1.165, 1.54) is 0 Å². The molecule has 90 valence electrons. The molecule has 0 saturated heterocycles. The zero-order valence-electron chi connectivity index (χ0n) is 9.02. The van der Waals surface area contributed by atoms with E-state index < -0.39 is 34.2 Å². The summed E-state index contributed by atoms with van der Waals surface area (Å²) in [4.78, 5) is 0. The van der Waals surface area contributed by atoms with Crippen LogP contribution < -0.4 is 4.72 Å². The number of halogens is 3. The van der Waals surface area contributed by atoms with Crippen LogP contribution in [0.2, 0.25) is 0 Å². The van der Waals surface area contributed by atoms with Crippen molar-refractivity contribution < 1.29 is 17.7 Å². The van der Waals surface area contributed by atoms with Crippen molar-refractivity contribution in [3.63, 3.8) is 0 Å². The van der Waals surface area contributed by atoms with Crippen LogP contribution in [0.15, 0.2) is 0 Å². The lowest BCUT2D eigenvalue weighted by molar-refractivity contribution is -0.155. The molecule has 6 heteroatoms. The summed E-state index contributed by atoms with van der Waals surface area (Å²) in [6.45, 7) is 4.95. The first kappa shape index (κ1) is 13.1. The summed E-state index contributed by atoms with van der Waals surface area (Å²) in [6, 6.07) is -1.61. The molecule has 0 bridgehead atoms. The number of hydrogen-bond acceptors (Lipinski definition) is 2. The van der Waals surface area contributed by atoms with Gasteiger partial charge in [-0.15, -0.1) is 4.72 Å². The molecule has 0 heterocycles. The van der Waals surface area contributed by atoms with E-state index in [2.05, 4.69) is 4.72 Å². The van der Waals surface area contributed by atoms with Gasteiger partial charge in [0.2, 0.25) is 0 Å². The van der Waals surface area contributed by atoms with Crippen LogP contribution in [-0.4, -0.2) is 21.5 Å². The van der Waals surface area contributed by atoms with E-state index in [-0.39, 0.29) is 0 Å². The summed E-state index contributed by atoms with van der Waals surface area (Å²) < 4.78 is 50.8. The van der Waals surface area contributed by atoms with E-state index in [0.29, 0.717) is 12.8 Å². The molecular weight excluding hydrogens is 227 g/mol. The molecule has 1 saturated carbocycles. The molecule has 0 amide bonds. The topological polar surface area (TPSA) is 35.1 Å². The van der Waals surface area contributed by atoms with Crippen molar-refractivity contribution in [1.82, 2.24) is 4.72 Å². The zero-order valence-corrected chi connectivity index (χ0v) is 9.84. The van der Waals surface area contributed by atoms with Gasteiger partial charge in [0.15, 0.2) is 6.04 Å². The van der Waals surface area contributed by atoms with Crippen molar-refractivity contribution in [3.05, 3.63) is 0 Å². The monoisotopic (exact) mass is 243 g/mol. The minimum atomic E-state index is -4.30. The number of hydrogen-bond donors (Lipinski definition) is 1. The molecule has 1 aliphatic rings. The largest absolute Gasteiger partial charge is 0.598 e. The lowest BCUT2D eigenvalue weighted by atomic mass is 10.2. The van der Waals surface area contributed by atoms with Crippen LogP contribution in [0.3, 0.4) is 0 Å². The Kier molecular flexibility index (Phi) is 3.63. The highest BCUT2D eigenvalue weighted by molar-refractivity contribution is 7.90. The first-order chi connectivity index (χ1) is 6.62. The van der Waals surface area contributed by atoms with Gasteiger partial charge in [-0.1, -0.05) is 0 Å². The van der Waals surface area contributed by atoms with E-state index in [1.807, 2.05) is 0 Å². The van der Waals surface area contributed by atoms with Crippen molar-refractivity contribution in [3.8, 4) is 0 Å². The highest BCUT2D eigenvalue weighted by Gasteiger charge is 2.52. The van der Waals surface area contributed by atoms with Crippen LogP contribution >= 0.6 is 0 Å². The fourth-order valence-corrected chi connectivity index (χ4v) is 2.06. The fraction of sp³-hybridized carbons (Fsp3) is 1.00. The van der Waals surface area contributed by atoms with Crippen LogP contribution in [0.25, 0.3) is 0 Å². The molecule has 15 heavy (non-hydrogen) atoms. The molecule has 1 rings (SSSR count). The van der Waals surface area contributed by atoms with Crippen LogP contribution in [0.4, 0.5) is 13.2 Å². The van der Waals surface area contributed by atoms with Gasteiger partial charge < -0.3 is 4.55 Å². The van der Waals surface area contributed by atoms with Gasteiger partial charge in [-0.25, -0.2) is 0 Å². The molecule has 0 radical (unpaired) electrons. The Morgan fingerprint density at radius 2 is 1.73 bits per heavy atom. The van der Waals surface area contributed by atoms with E-state index in [9.17, 15) is 17.7 Å². The Hall–Kier alpha value is 0.0600. The second kappa shape index (κ2) is 4.14. The molecule has 0 aromatic rings. The van der Waals surface area contributed by atoms with Crippen molar-refractivity contribution in [2.75, 3.05) is 0 Å². The molecule has 1 N–H and O–H groups in total. The van der Waals surface area contributed by atoms with Crippen LogP contribution in [0, 0.1) is 5.92 Å². The average molecular weight is 243 g/mol. The van der Waals surface area contributed by atoms with E-state index in [4.69, 9.17) is 0 Å². The first-order valence-corrected chi connectivity index (χ1v) is 6.02. The van der Waals surface area contributed by atoms with Gasteiger partial charge >= 0.3 is 6.18 Å². The van der Waals surface area contributed by atoms with Crippen molar-refractivity contribution >= 4 is 11.4 Å². The Labute approximate surface area is 90.9 Å². The van der Waals surface area contributed by atoms with E-state index in [0.717, 1.165) is 0 Å². The highest BCUT2D eigenvalue weighted by Crippen LogP contribution is 2.40. The third-order valence-corrected chi connectivity index (χ3v) is 3.82. The van der Waals surface area contributed by atoms with Gasteiger partial charge in [0, 0.05) is 11.4 Å². The second-order valence-electron chi connectivity index (χ2n) is 4.86. The first-order valence-electron chi connectivity index (χ1n) is 4.87. The van der Waals surface area contributed by atoms with Crippen molar-refractivity contribution in [1.29, 1.82) is 0 Å². The van der Waals surface area contributed by atoms with Crippen LogP contribution in [-0.2, 0) is 11.4 Å². The Bertz CT molecular complexity index is 222. The lowest BCUT2D eigenvalue weighted by Gasteiger charge is -2.28. The predicted octanol–water partition coefficient (Wildman–Crippen LogP) is 2.38. The van der Waals surface area contributed by atoms with Gasteiger partial charge in [0.1, 0.15) is 4.75 Å². The number of rotatable bonds is 3. The quantitative estimate of drug-likeness (QED) is 0.772. The number of alkyl halides is 3. The molecule has 0 spiro atoms. The molecule has 0 aromatic carbocycles. The summed E-state index contributed by atoms with van der Waals surface area (Å²) in [5, 5.41) is 0. The minimum Gasteiger partial charge on any atom is -0.598 e. The maximum atomic E-state index is 12.6. The minimum absolute atomic E-state index is 0.392. The van der Waals surface area contributed by atoms with Gasteiger partial charge in [0.25, 0.3) is 0 Å². The van der Waals surface area contributed by atoms with Crippen molar-refractivity contribution in [2.45, 2.75) is 50.6 Å². The Morgan fingerprint density at radius 3 is 2.00 bits per heavy atom. The van der Waals surface area contributed by atoms with E-state index in [1.54, 1.807) is 20.8 Å². The van der Waals surface area contributed by atoms with Gasteiger partial charge in [-0.3, -0.25) is 0 Å². The van der Waals surface area contributed by atoms with Crippen LogP contribution in [0.5, 0.6) is 0 Å². The summed E-state index contributed by atoms with van der Waals surface area (Å²) in [6.07, 6.45) is -3.17. The third-order valence-electron chi connectivity index (χ3n) is 2.24. The molecule has 1 fully saturated rings. The maximum absolute atomic E-state index is 12.6. The predicted molar refractivity (Wildman–Crippen MR) is 53.6 cm³/mol. The highest BCUT2D eigenvalue weighted by atomic mass is 32.2. The zero-order chi connectivity index (χ0) is 11.9. The van der Waals surface area contributed by atoms with Crippen LogP contribution in [0.1, 0.15) is 33.6 Å².